The van der Waals surface area contributed by atoms with E-state index < -0.39 is 7.26 Å². The van der Waals surface area contributed by atoms with E-state index in [1.165, 1.54) is 0 Å². The van der Waals surface area contributed by atoms with Crippen LogP contribution < -0.4 is 33.6 Å². The Balaban J connectivity index is 0.00000370. The fraction of sp³-hybridized carbons (Fsp3) is 0.0294. The van der Waals surface area contributed by atoms with Gasteiger partial charge in [-0.3, -0.25) is 10.1 Å². The molecule has 0 saturated carbocycles. The van der Waals surface area contributed by atoms with Crippen LogP contribution in [0.15, 0.2) is 161 Å². The number of benzene rings is 5. The summed E-state index contributed by atoms with van der Waals surface area (Å²) in [4.78, 5) is 13.8. The van der Waals surface area contributed by atoms with Gasteiger partial charge in [0.15, 0.2) is 7.26 Å². The molecule has 0 aliphatic carbocycles. The van der Waals surface area contributed by atoms with Crippen LogP contribution in [0.25, 0.3) is 0 Å². The molecule has 0 fully saturated rings. The van der Waals surface area contributed by atoms with Crippen molar-refractivity contribution in [1.29, 1.82) is 0 Å². The lowest BCUT2D eigenvalue weighted by Crippen LogP contribution is -3.00. The van der Waals surface area contributed by atoms with E-state index in [0.717, 1.165) is 26.9 Å². The van der Waals surface area contributed by atoms with E-state index in [1.54, 1.807) is 11.8 Å². The average Bonchev–Trinajstić information content (AvgIpc) is 3.02. The summed E-state index contributed by atoms with van der Waals surface area (Å²) in [5.41, 5.74) is 2.49. The van der Waals surface area contributed by atoms with Crippen LogP contribution >= 0.6 is 30.6 Å². The van der Waals surface area contributed by atoms with Crippen LogP contribution in [0.2, 0.25) is 0 Å². The largest absolute Gasteiger partial charge is 1.00 e. The van der Waals surface area contributed by atoms with Gasteiger partial charge < -0.3 is 12.4 Å². The predicted molar refractivity (Wildman–Crippen MR) is 170 cm³/mol. The molecule has 5 aromatic rings. The van der Waals surface area contributed by atoms with Gasteiger partial charge >= 0.3 is 0 Å². The van der Waals surface area contributed by atoms with Gasteiger partial charge in [-0.2, -0.15) is 0 Å². The molecule has 0 unspecified atom stereocenters. The van der Waals surface area contributed by atoms with Gasteiger partial charge in [0.25, 0.3) is 5.91 Å². The maximum atomic E-state index is 13.8. The molecule has 5 rings (SSSR count). The molecule has 1 amide bonds. The summed E-state index contributed by atoms with van der Waals surface area (Å²) in [5, 5.41) is 6.69. The number of halogens is 2. The van der Waals surface area contributed by atoms with Crippen molar-refractivity contribution in [3.63, 3.8) is 0 Å². The lowest BCUT2D eigenvalue weighted by molar-refractivity contribution is -0.0000156. The first-order valence-electron chi connectivity index (χ1n) is 12.7. The van der Waals surface area contributed by atoms with Gasteiger partial charge in [-0.25, -0.2) is 0 Å². The second-order valence-electron chi connectivity index (χ2n) is 8.89. The van der Waals surface area contributed by atoms with E-state index in [1.807, 2.05) is 66.7 Å². The average molecular weight is 601 g/mol. The summed E-state index contributed by atoms with van der Waals surface area (Å²) in [6.07, 6.45) is 0. The highest BCUT2D eigenvalue weighted by Gasteiger charge is 2.52. The smallest absolute Gasteiger partial charge is 0.258 e. The SMILES string of the molecule is O=C(NC(=C(Cl)SCc1ccccc1)[P+](c1ccccc1)(c1ccccc1)c1ccccc1)c1ccccc1.[Cl-]. The summed E-state index contributed by atoms with van der Waals surface area (Å²) in [5.74, 6) is 0.499. The molecule has 0 spiro atoms. The van der Waals surface area contributed by atoms with Crippen molar-refractivity contribution in [3.8, 4) is 0 Å². The minimum absolute atomic E-state index is 0. The molecule has 40 heavy (non-hydrogen) atoms. The second kappa shape index (κ2) is 14.3. The Morgan fingerprint density at radius 3 is 1.40 bits per heavy atom. The molecule has 0 radical (unpaired) electrons. The summed E-state index contributed by atoms with van der Waals surface area (Å²) in [6.45, 7) is 0. The summed E-state index contributed by atoms with van der Waals surface area (Å²) in [7, 11) is -2.62. The Labute approximate surface area is 252 Å². The standard InChI is InChI=1S/C34H27ClNOPS.ClH/c35-32(39-26-27-16-6-1-7-17-27)34(36-33(37)28-18-8-2-9-19-28)38(29-20-10-3-11-21-29,30-22-12-4-13-23-30)31-24-14-5-15-25-31;/h1-25H,26H2;1H. The highest BCUT2D eigenvalue weighted by atomic mass is 35.5. The van der Waals surface area contributed by atoms with Gasteiger partial charge in [-0.15, -0.1) is 11.8 Å². The molecule has 5 aromatic carbocycles. The molecule has 6 heteroatoms. The molecular weight excluding hydrogens is 572 g/mol. The van der Waals surface area contributed by atoms with Crippen LogP contribution in [0.1, 0.15) is 15.9 Å². The molecule has 1 N–H and O–H groups in total. The van der Waals surface area contributed by atoms with Crippen LogP contribution in [-0.2, 0) is 5.75 Å². The molecule has 0 saturated heterocycles. The number of amides is 1. The monoisotopic (exact) mass is 599 g/mol. The molecule has 0 bridgehead atoms. The topological polar surface area (TPSA) is 29.1 Å². The van der Waals surface area contributed by atoms with Crippen LogP contribution in [0.5, 0.6) is 0 Å². The van der Waals surface area contributed by atoms with Gasteiger partial charge in [0.1, 0.15) is 20.3 Å². The molecule has 0 aromatic heterocycles. The number of hydrogen-bond donors (Lipinski definition) is 1. The third-order valence-corrected chi connectivity index (χ3v) is 12.4. The van der Waals surface area contributed by atoms with Crippen LogP contribution in [0.4, 0.5) is 0 Å². The van der Waals surface area contributed by atoms with Gasteiger partial charge in [0.05, 0.1) is 0 Å². The van der Waals surface area contributed by atoms with Crippen molar-refractivity contribution < 1.29 is 17.2 Å². The Morgan fingerprint density at radius 2 is 0.975 bits per heavy atom. The first-order chi connectivity index (χ1) is 19.2. The third kappa shape index (κ3) is 6.52. The van der Waals surface area contributed by atoms with E-state index in [4.69, 9.17) is 11.6 Å². The maximum Gasteiger partial charge on any atom is 0.258 e. The zero-order chi connectivity index (χ0) is 26.9. The number of carbonyl (C=O) groups excluding carboxylic acids is 1. The Hall–Kier alpha value is -3.33. The van der Waals surface area contributed by atoms with Crippen molar-refractivity contribution in [3.05, 3.63) is 173 Å². The highest BCUT2D eigenvalue weighted by Crippen LogP contribution is 2.63. The van der Waals surface area contributed by atoms with Gasteiger partial charge in [-0.1, -0.05) is 115 Å². The zero-order valence-electron chi connectivity index (χ0n) is 21.7. The van der Waals surface area contributed by atoms with Crippen molar-refractivity contribution in [2.45, 2.75) is 5.75 Å². The number of nitrogens with one attached hydrogen (secondary N) is 1. The molecule has 0 aliphatic rings. The lowest BCUT2D eigenvalue weighted by atomic mass is 10.2. The van der Waals surface area contributed by atoms with E-state index in [2.05, 4.69) is 90.2 Å². The summed E-state index contributed by atoms with van der Waals surface area (Å²) >= 11 is 8.86. The number of hydrogen-bond acceptors (Lipinski definition) is 2. The minimum Gasteiger partial charge on any atom is -1.00 e. The lowest BCUT2D eigenvalue weighted by Gasteiger charge is -2.30. The Morgan fingerprint density at radius 1 is 0.600 bits per heavy atom. The van der Waals surface area contributed by atoms with Crippen molar-refractivity contribution in [2.75, 3.05) is 0 Å². The van der Waals surface area contributed by atoms with E-state index in [0.29, 0.717) is 15.7 Å². The Kier molecular flexibility index (Phi) is 10.6. The van der Waals surface area contributed by atoms with E-state index in [9.17, 15) is 4.79 Å². The molecular formula is C34H28Cl2NOPS. The molecule has 0 atom stereocenters. The zero-order valence-corrected chi connectivity index (χ0v) is 24.9. The second-order valence-corrected chi connectivity index (χ2v) is 13.8. The van der Waals surface area contributed by atoms with Gasteiger partial charge in [0, 0.05) is 11.3 Å². The van der Waals surface area contributed by atoms with Crippen molar-refractivity contribution in [1.82, 2.24) is 5.32 Å². The van der Waals surface area contributed by atoms with E-state index >= 15 is 0 Å². The van der Waals surface area contributed by atoms with Crippen molar-refractivity contribution in [2.24, 2.45) is 0 Å². The normalized spacial score (nSPS) is 11.6. The van der Waals surface area contributed by atoms with Gasteiger partial charge in [0.2, 0.25) is 5.44 Å². The number of carbonyl (C=O) groups is 1. The van der Waals surface area contributed by atoms with Crippen LogP contribution in [0, 0.1) is 0 Å². The predicted octanol–water partition coefficient (Wildman–Crippen LogP) is 4.71. The number of thioether (sulfide) groups is 1. The molecule has 0 aliphatic heterocycles. The van der Waals surface area contributed by atoms with Crippen LogP contribution in [-0.4, -0.2) is 5.91 Å². The molecule has 0 heterocycles. The Bertz CT molecular complexity index is 1440. The minimum atomic E-state index is -2.62. The third-order valence-electron chi connectivity index (χ3n) is 6.43. The quantitative estimate of drug-likeness (QED) is 0.249. The van der Waals surface area contributed by atoms with Crippen molar-refractivity contribution >= 4 is 52.4 Å². The maximum absolute atomic E-state index is 13.8. The fourth-order valence-corrected chi connectivity index (χ4v) is 10.5. The van der Waals surface area contributed by atoms with Gasteiger partial charge in [-0.05, 0) is 54.1 Å². The van der Waals surface area contributed by atoms with E-state index in [-0.39, 0.29) is 18.3 Å². The first kappa shape index (κ1) is 29.6. The number of rotatable bonds is 9. The first-order valence-corrected chi connectivity index (χ1v) is 15.8. The van der Waals surface area contributed by atoms with Crippen LogP contribution in [0.3, 0.4) is 0 Å². The summed E-state index contributed by atoms with van der Waals surface area (Å²) < 4.78 is 0.577. The molecule has 200 valence electrons. The fourth-order valence-electron chi connectivity index (χ4n) is 4.61. The molecule has 2 nitrogen and oxygen atoms in total. The summed E-state index contributed by atoms with van der Waals surface area (Å²) in [6, 6.07) is 50.8. The highest BCUT2D eigenvalue weighted by molar-refractivity contribution is 8.05.